The summed E-state index contributed by atoms with van der Waals surface area (Å²) in [6, 6.07) is 20.7. The lowest BCUT2D eigenvalue weighted by atomic mass is 10.1. The van der Waals surface area contributed by atoms with Crippen LogP contribution < -0.4 is 10.6 Å². The van der Waals surface area contributed by atoms with Crippen LogP contribution in [0.25, 0.3) is 0 Å². The molecule has 0 saturated carbocycles. The van der Waals surface area contributed by atoms with Gasteiger partial charge in [-0.3, -0.25) is 14.4 Å². The largest absolute Gasteiger partial charge is 0.454 e. The number of esters is 1. The van der Waals surface area contributed by atoms with Crippen LogP contribution in [0.3, 0.4) is 0 Å². The summed E-state index contributed by atoms with van der Waals surface area (Å²) in [6.45, 7) is 3.55. The van der Waals surface area contributed by atoms with Gasteiger partial charge in [-0.05, 0) is 49.6 Å². The molecule has 0 aliphatic heterocycles. The van der Waals surface area contributed by atoms with Gasteiger partial charge in [0.05, 0.1) is 11.3 Å². The predicted octanol–water partition coefficient (Wildman–Crippen LogP) is 4.36. The van der Waals surface area contributed by atoms with Crippen molar-refractivity contribution in [2.24, 2.45) is 0 Å². The molecule has 0 fully saturated rings. The molecule has 0 heterocycles. The fourth-order valence-electron chi connectivity index (χ4n) is 3.46. The van der Waals surface area contributed by atoms with Gasteiger partial charge in [0.15, 0.2) is 12.4 Å². The van der Waals surface area contributed by atoms with Gasteiger partial charge in [-0.2, -0.15) is 0 Å². The Morgan fingerprint density at radius 3 is 2.31 bits per heavy atom. The normalized spacial score (nSPS) is 10.3. The van der Waals surface area contributed by atoms with Crippen LogP contribution in [-0.2, 0) is 16.0 Å². The summed E-state index contributed by atoms with van der Waals surface area (Å²) in [5, 5.41) is 5.49. The molecule has 35 heavy (non-hydrogen) atoms. The molecule has 7 heteroatoms. The van der Waals surface area contributed by atoms with E-state index in [2.05, 4.69) is 10.6 Å². The Morgan fingerprint density at radius 1 is 0.857 bits per heavy atom. The van der Waals surface area contributed by atoms with E-state index in [9.17, 15) is 19.2 Å². The summed E-state index contributed by atoms with van der Waals surface area (Å²) in [5.74, 6) is -1.43. The number of benzene rings is 3. The first-order valence-electron chi connectivity index (χ1n) is 11.3. The van der Waals surface area contributed by atoms with E-state index in [0.29, 0.717) is 23.4 Å². The molecule has 0 unspecified atom stereocenters. The number of para-hydroxylation sites is 1. The molecule has 3 aromatic carbocycles. The number of carbonyl (C=O) groups is 4. The number of rotatable bonds is 10. The van der Waals surface area contributed by atoms with Gasteiger partial charge in [0.1, 0.15) is 0 Å². The number of ether oxygens (including phenoxy) is 1. The molecule has 0 radical (unpaired) electrons. The van der Waals surface area contributed by atoms with Crippen molar-refractivity contribution in [1.29, 1.82) is 0 Å². The van der Waals surface area contributed by atoms with Gasteiger partial charge in [-0.15, -0.1) is 0 Å². The molecule has 180 valence electrons. The van der Waals surface area contributed by atoms with Gasteiger partial charge in [-0.25, -0.2) is 4.79 Å². The van der Waals surface area contributed by atoms with Crippen molar-refractivity contribution < 1.29 is 23.9 Å². The van der Waals surface area contributed by atoms with E-state index in [-0.39, 0.29) is 23.2 Å². The van der Waals surface area contributed by atoms with Gasteiger partial charge >= 0.3 is 5.97 Å². The van der Waals surface area contributed by atoms with Crippen LogP contribution in [0.2, 0.25) is 0 Å². The van der Waals surface area contributed by atoms with Gasteiger partial charge in [0.2, 0.25) is 5.91 Å². The second-order valence-corrected chi connectivity index (χ2v) is 8.15. The van der Waals surface area contributed by atoms with Crippen molar-refractivity contribution in [3.63, 3.8) is 0 Å². The van der Waals surface area contributed by atoms with Crippen LogP contribution in [0, 0.1) is 6.92 Å². The number of Topliss-reactive ketones (excluding diaryl/α,β-unsaturated/α-hetero) is 1. The Morgan fingerprint density at radius 2 is 1.60 bits per heavy atom. The number of anilines is 1. The minimum Gasteiger partial charge on any atom is -0.454 e. The first-order valence-corrected chi connectivity index (χ1v) is 11.3. The summed E-state index contributed by atoms with van der Waals surface area (Å²) >= 11 is 0. The highest BCUT2D eigenvalue weighted by atomic mass is 16.5. The van der Waals surface area contributed by atoms with Crippen molar-refractivity contribution in [3.05, 3.63) is 101 Å². The molecule has 3 rings (SSSR count). The molecular weight excluding hydrogens is 444 g/mol. The highest BCUT2D eigenvalue weighted by Gasteiger charge is 2.17. The van der Waals surface area contributed by atoms with Crippen molar-refractivity contribution in [3.8, 4) is 0 Å². The third kappa shape index (κ3) is 7.64. The van der Waals surface area contributed by atoms with Crippen LogP contribution in [0.4, 0.5) is 5.69 Å². The average molecular weight is 473 g/mol. The van der Waals surface area contributed by atoms with E-state index in [0.717, 1.165) is 24.0 Å². The lowest BCUT2D eigenvalue weighted by molar-refractivity contribution is -0.118. The van der Waals surface area contributed by atoms with Crippen LogP contribution in [0.1, 0.15) is 55.5 Å². The van der Waals surface area contributed by atoms with E-state index in [4.69, 9.17) is 4.74 Å². The predicted molar refractivity (Wildman–Crippen MR) is 134 cm³/mol. The second kappa shape index (κ2) is 12.3. The monoisotopic (exact) mass is 472 g/mol. The first kappa shape index (κ1) is 25.4. The molecule has 2 N–H and O–H groups in total. The molecule has 0 aliphatic carbocycles. The summed E-state index contributed by atoms with van der Waals surface area (Å²) in [5.41, 5.74) is 3.37. The Balaban J connectivity index is 1.56. The highest BCUT2D eigenvalue weighted by Crippen LogP contribution is 2.18. The molecule has 0 aromatic heterocycles. The Bertz CT molecular complexity index is 1220. The Kier molecular flexibility index (Phi) is 8.89. The molecule has 7 nitrogen and oxygen atoms in total. The van der Waals surface area contributed by atoms with Crippen molar-refractivity contribution in [2.75, 3.05) is 18.5 Å². The highest BCUT2D eigenvalue weighted by molar-refractivity contribution is 6.08. The average Bonchev–Trinajstić information content (AvgIpc) is 2.85. The summed E-state index contributed by atoms with van der Waals surface area (Å²) in [7, 11) is 0. The standard InChI is InChI=1S/C28H28N2O5/c1-19-7-5-9-23(17-19)27(33)30-25-11-4-3-10-24(25)28(34)35-18-26(32)22-14-12-21(13-15-22)8-6-16-29-20(2)31/h3-5,7,9-15,17H,6,8,16,18H2,1-2H3,(H,29,31)(H,30,33). The van der Waals surface area contributed by atoms with Crippen LogP contribution >= 0.6 is 0 Å². The maximum atomic E-state index is 12.7. The van der Waals surface area contributed by atoms with Crippen molar-refractivity contribution in [2.45, 2.75) is 26.7 Å². The maximum Gasteiger partial charge on any atom is 0.340 e. The Labute approximate surface area is 204 Å². The number of ketones is 1. The maximum absolute atomic E-state index is 12.7. The van der Waals surface area contributed by atoms with E-state index in [1.807, 2.05) is 25.1 Å². The van der Waals surface area contributed by atoms with Gasteiger partial charge in [-0.1, -0.05) is 54.1 Å². The zero-order valence-corrected chi connectivity index (χ0v) is 19.8. The van der Waals surface area contributed by atoms with Crippen LogP contribution in [0.5, 0.6) is 0 Å². The first-order chi connectivity index (χ1) is 16.8. The lowest BCUT2D eigenvalue weighted by Crippen LogP contribution is -2.21. The third-order valence-electron chi connectivity index (χ3n) is 5.30. The van der Waals surface area contributed by atoms with Gasteiger partial charge in [0.25, 0.3) is 5.91 Å². The van der Waals surface area contributed by atoms with Gasteiger partial charge < -0.3 is 15.4 Å². The fourth-order valence-corrected chi connectivity index (χ4v) is 3.46. The molecule has 0 bridgehead atoms. The van der Waals surface area contributed by atoms with Crippen molar-refractivity contribution >= 4 is 29.3 Å². The zero-order chi connectivity index (χ0) is 25.2. The fraction of sp³-hybridized carbons (Fsp3) is 0.214. The Hall–Kier alpha value is -4.26. The minimum atomic E-state index is -0.701. The quantitative estimate of drug-likeness (QED) is 0.259. The SMILES string of the molecule is CC(=O)NCCCc1ccc(C(=O)COC(=O)c2ccccc2NC(=O)c2cccc(C)c2)cc1. The summed E-state index contributed by atoms with van der Waals surface area (Å²) in [4.78, 5) is 48.7. The number of hydrogen-bond donors (Lipinski definition) is 2. The third-order valence-corrected chi connectivity index (χ3v) is 5.30. The smallest absolute Gasteiger partial charge is 0.340 e. The molecule has 0 saturated heterocycles. The van der Waals surface area contributed by atoms with Crippen LogP contribution in [0.15, 0.2) is 72.8 Å². The topological polar surface area (TPSA) is 102 Å². The molecule has 2 amide bonds. The molecule has 0 spiro atoms. The van der Waals surface area contributed by atoms with E-state index >= 15 is 0 Å². The lowest BCUT2D eigenvalue weighted by Gasteiger charge is -2.11. The minimum absolute atomic E-state index is 0.0585. The van der Waals surface area contributed by atoms with E-state index < -0.39 is 12.6 Å². The van der Waals surface area contributed by atoms with Crippen molar-refractivity contribution in [1.82, 2.24) is 5.32 Å². The van der Waals surface area contributed by atoms with Crippen LogP contribution in [-0.4, -0.2) is 36.7 Å². The molecular formula is C28H28N2O5. The number of hydrogen-bond acceptors (Lipinski definition) is 5. The molecule has 0 aliphatic rings. The number of aryl methyl sites for hydroxylation is 2. The van der Waals surface area contributed by atoms with E-state index in [1.54, 1.807) is 48.5 Å². The van der Waals surface area contributed by atoms with E-state index in [1.165, 1.54) is 13.0 Å². The summed E-state index contributed by atoms with van der Waals surface area (Å²) < 4.78 is 5.24. The molecule has 3 aromatic rings. The number of amides is 2. The zero-order valence-electron chi connectivity index (χ0n) is 19.8. The molecule has 0 atom stereocenters. The van der Waals surface area contributed by atoms with Gasteiger partial charge in [0, 0.05) is 24.6 Å². The number of nitrogens with one attached hydrogen (secondary N) is 2. The summed E-state index contributed by atoms with van der Waals surface area (Å²) in [6.07, 6.45) is 1.57. The second-order valence-electron chi connectivity index (χ2n) is 8.15. The number of carbonyl (C=O) groups excluding carboxylic acids is 4.